The van der Waals surface area contributed by atoms with Gasteiger partial charge in [-0.3, -0.25) is 4.79 Å². The lowest BCUT2D eigenvalue weighted by atomic mass is 9.98. The summed E-state index contributed by atoms with van der Waals surface area (Å²) in [5.74, 6) is 0.303. The molecule has 27 heavy (non-hydrogen) atoms. The molecule has 0 bridgehead atoms. The van der Waals surface area contributed by atoms with Crippen molar-refractivity contribution in [3.05, 3.63) is 75.5 Å². The number of nitrogens with one attached hydrogen (secondary N) is 1. The second-order valence-electron chi connectivity index (χ2n) is 6.52. The number of rotatable bonds is 6. The Morgan fingerprint density at radius 2 is 1.96 bits per heavy atom. The largest absolute Gasteiger partial charge is 0.486 e. The Morgan fingerprint density at radius 1 is 1.22 bits per heavy atom. The molecule has 140 valence electrons. The molecule has 0 atom stereocenters. The monoisotopic (exact) mass is 384 g/mol. The van der Waals surface area contributed by atoms with Gasteiger partial charge in [0.05, 0.1) is 0 Å². The van der Waals surface area contributed by atoms with Gasteiger partial charge >= 0.3 is 0 Å². The summed E-state index contributed by atoms with van der Waals surface area (Å²) in [6.07, 6.45) is 0. The van der Waals surface area contributed by atoms with Gasteiger partial charge in [-0.05, 0) is 48.2 Å². The van der Waals surface area contributed by atoms with Crippen LogP contribution in [0.4, 0.5) is 10.1 Å². The number of carbonyl (C=O) groups excluding carboxylic acids is 1. The number of hydrogen-bond acceptors (Lipinski definition) is 4. The lowest BCUT2D eigenvalue weighted by Gasteiger charge is -2.15. The molecule has 0 unspecified atom stereocenters. The fourth-order valence-corrected chi connectivity index (χ4v) is 3.36. The normalized spacial score (nSPS) is 10.9. The average Bonchev–Trinajstić information content (AvgIpc) is 3.12. The summed E-state index contributed by atoms with van der Waals surface area (Å²) in [5.41, 5.74) is 3.31. The van der Waals surface area contributed by atoms with Gasteiger partial charge in [-0.25, -0.2) is 9.37 Å². The summed E-state index contributed by atoms with van der Waals surface area (Å²) in [5, 5.41) is 5.39. The molecule has 0 saturated heterocycles. The van der Waals surface area contributed by atoms with E-state index in [9.17, 15) is 9.18 Å². The zero-order chi connectivity index (χ0) is 19.4. The molecule has 3 aromatic rings. The third kappa shape index (κ3) is 4.71. The summed E-state index contributed by atoms with van der Waals surface area (Å²) in [7, 11) is 0. The quantitative estimate of drug-likeness (QED) is 0.607. The molecule has 0 aliphatic rings. The van der Waals surface area contributed by atoms with Crippen LogP contribution in [0, 0.1) is 12.7 Å². The molecule has 6 heteroatoms. The smallest absolute Gasteiger partial charge is 0.275 e. The number of nitrogens with zero attached hydrogens (tertiary/aromatic N) is 1. The van der Waals surface area contributed by atoms with Crippen molar-refractivity contribution in [2.75, 3.05) is 5.32 Å². The van der Waals surface area contributed by atoms with Crippen molar-refractivity contribution < 1.29 is 13.9 Å². The highest BCUT2D eigenvalue weighted by Gasteiger charge is 2.16. The molecule has 0 fully saturated rings. The molecule has 0 aliphatic heterocycles. The summed E-state index contributed by atoms with van der Waals surface area (Å²) < 4.78 is 18.5. The Kier molecular flexibility index (Phi) is 5.86. The SMILES string of the molecule is Cc1cccc(C(C)C)c1NC(=O)c1csc(COc2ccc(F)cc2)n1. The first-order valence-electron chi connectivity index (χ1n) is 8.67. The highest BCUT2D eigenvalue weighted by molar-refractivity contribution is 7.09. The Balaban J connectivity index is 1.68. The van der Waals surface area contributed by atoms with Crippen molar-refractivity contribution in [1.29, 1.82) is 0 Å². The minimum Gasteiger partial charge on any atom is -0.486 e. The van der Waals surface area contributed by atoms with Crippen LogP contribution in [0.15, 0.2) is 47.8 Å². The first-order valence-corrected chi connectivity index (χ1v) is 9.55. The van der Waals surface area contributed by atoms with Gasteiger partial charge in [0.2, 0.25) is 0 Å². The number of benzene rings is 2. The van der Waals surface area contributed by atoms with Gasteiger partial charge in [-0.15, -0.1) is 11.3 Å². The van der Waals surface area contributed by atoms with E-state index in [4.69, 9.17) is 4.74 Å². The lowest BCUT2D eigenvalue weighted by Crippen LogP contribution is -2.15. The Bertz CT molecular complexity index is 936. The van der Waals surface area contributed by atoms with Crippen LogP contribution in [0.3, 0.4) is 0 Å². The van der Waals surface area contributed by atoms with Gasteiger partial charge in [0.25, 0.3) is 5.91 Å². The zero-order valence-electron chi connectivity index (χ0n) is 15.5. The van der Waals surface area contributed by atoms with Gasteiger partial charge < -0.3 is 10.1 Å². The van der Waals surface area contributed by atoms with Crippen molar-refractivity contribution in [2.45, 2.75) is 33.3 Å². The first kappa shape index (κ1) is 19.0. The van der Waals surface area contributed by atoms with Crippen molar-refractivity contribution in [3.63, 3.8) is 0 Å². The topological polar surface area (TPSA) is 51.2 Å². The number of amides is 1. The van der Waals surface area contributed by atoms with Gasteiger partial charge in [0.1, 0.15) is 28.9 Å². The van der Waals surface area contributed by atoms with Crippen LogP contribution < -0.4 is 10.1 Å². The van der Waals surface area contributed by atoms with E-state index in [1.165, 1.54) is 23.5 Å². The third-order valence-corrected chi connectivity index (χ3v) is 4.95. The van der Waals surface area contributed by atoms with Crippen LogP contribution in [0.5, 0.6) is 5.75 Å². The van der Waals surface area contributed by atoms with E-state index in [0.717, 1.165) is 16.8 Å². The number of para-hydroxylation sites is 1. The average molecular weight is 384 g/mol. The number of thiazole rings is 1. The summed E-state index contributed by atoms with van der Waals surface area (Å²) in [4.78, 5) is 17.0. The van der Waals surface area contributed by atoms with E-state index in [1.807, 2.05) is 25.1 Å². The summed E-state index contributed by atoms with van der Waals surface area (Å²) >= 11 is 1.35. The fraction of sp³-hybridized carbons (Fsp3) is 0.238. The molecule has 0 aliphatic carbocycles. The van der Waals surface area contributed by atoms with Crippen molar-refractivity contribution in [3.8, 4) is 5.75 Å². The fourth-order valence-electron chi connectivity index (χ4n) is 2.68. The molecular formula is C21H21FN2O2S. The number of anilines is 1. The lowest BCUT2D eigenvalue weighted by molar-refractivity contribution is 0.102. The molecule has 1 aromatic heterocycles. The van der Waals surface area contributed by atoms with E-state index in [-0.39, 0.29) is 18.3 Å². The molecule has 1 amide bonds. The minimum atomic E-state index is -0.312. The highest BCUT2D eigenvalue weighted by atomic mass is 32.1. The number of hydrogen-bond donors (Lipinski definition) is 1. The molecule has 0 saturated carbocycles. The van der Waals surface area contributed by atoms with E-state index >= 15 is 0 Å². The van der Waals surface area contributed by atoms with Crippen LogP contribution in [-0.4, -0.2) is 10.9 Å². The Morgan fingerprint density at radius 3 is 2.67 bits per heavy atom. The first-order chi connectivity index (χ1) is 12.9. The van der Waals surface area contributed by atoms with Gasteiger partial charge in [0.15, 0.2) is 0 Å². The summed E-state index contributed by atoms with van der Waals surface area (Å²) in [6.45, 7) is 6.39. The second kappa shape index (κ2) is 8.31. The summed E-state index contributed by atoms with van der Waals surface area (Å²) in [6, 6.07) is 11.8. The molecule has 2 aromatic carbocycles. The maximum atomic E-state index is 12.9. The number of aromatic nitrogens is 1. The van der Waals surface area contributed by atoms with E-state index < -0.39 is 0 Å². The number of ether oxygens (including phenoxy) is 1. The van der Waals surface area contributed by atoms with Crippen LogP contribution >= 0.6 is 11.3 Å². The molecule has 1 N–H and O–H groups in total. The van der Waals surface area contributed by atoms with Crippen LogP contribution in [0.25, 0.3) is 0 Å². The minimum absolute atomic E-state index is 0.227. The number of carbonyl (C=O) groups is 1. The Labute approximate surface area is 162 Å². The molecule has 0 spiro atoms. The number of halogens is 1. The van der Waals surface area contributed by atoms with Gasteiger partial charge in [-0.2, -0.15) is 0 Å². The maximum absolute atomic E-state index is 12.9. The van der Waals surface area contributed by atoms with Gasteiger partial charge in [-0.1, -0.05) is 32.0 Å². The Hall–Kier alpha value is -2.73. The van der Waals surface area contributed by atoms with E-state index in [0.29, 0.717) is 22.4 Å². The maximum Gasteiger partial charge on any atom is 0.275 e. The highest BCUT2D eigenvalue weighted by Crippen LogP contribution is 2.28. The van der Waals surface area contributed by atoms with Crippen molar-refractivity contribution in [1.82, 2.24) is 4.98 Å². The molecule has 1 heterocycles. The molecular weight excluding hydrogens is 363 g/mol. The predicted octanol–water partition coefficient (Wildman–Crippen LogP) is 5.55. The van der Waals surface area contributed by atoms with Crippen LogP contribution in [0.1, 0.15) is 46.4 Å². The predicted molar refractivity (Wildman–Crippen MR) is 106 cm³/mol. The van der Waals surface area contributed by atoms with E-state index in [1.54, 1.807) is 17.5 Å². The standard InChI is InChI=1S/C21H21FN2O2S/c1-13(2)17-6-4-5-14(3)20(17)24-21(25)18-12-27-19(23-18)11-26-16-9-7-15(22)8-10-16/h4-10,12-13H,11H2,1-3H3,(H,24,25). The van der Waals surface area contributed by atoms with Gasteiger partial charge in [0, 0.05) is 11.1 Å². The second-order valence-corrected chi connectivity index (χ2v) is 7.46. The van der Waals surface area contributed by atoms with Crippen molar-refractivity contribution >= 4 is 22.9 Å². The third-order valence-electron chi connectivity index (χ3n) is 4.13. The zero-order valence-corrected chi connectivity index (χ0v) is 16.3. The van der Waals surface area contributed by atoms with Crippen LogP contribution in [0.2, 0.25) is 0 Å². The van der Waals surface area contributed by atoms with E-state index in [2.05, 4.69) is 24.1 Å². The number of aryl methyl sites for hydroxylation is 1. The molecule has 0 radical (unpaired) electrons. The molecule has 3 rings (SSSR count). The van der Waals surface area contributed by atoms with Crippen LogP contribution in [-0.2, 0) is 6.61 Å². The molecule has 4 nitrogen and oxygen atoms in total. The van der Waals surface area contributed by atoms with Crippen molar-refractivity contribution in [2.24, 2.45) is 0 Å².